The maximum atomic E-state index is 13.6. The highest BCUT2D eigenvalue weighted by Gasteiger charge is 2.31. The number of aliphatic hydroxyl groups is 1. The molecule has 2 N–H and O–H groups in total. The van der Waals surface area contributed by atoms with E-state index < -0.39 is 17.5 Å². The molecule has 3 rings (SSSR count). The summed E-state index contributed by atoms with van der Waals surface area (Å²) in [5, 5.41) is 24.7. The number of rotatable bonds is 8. The molecule has 2 aromatic carbocycles. The molecule has 0 fully saturated rings. The van der Waals surface area contributed by atoms with Crippen molar-refractivity contribution in [3.8, 4) is 6.07 Å². The first-order chi connectivity index (χ1) is 15.7. The van der Waals surface area contributed by atoms with Crippen molar-refractivity contribution >= 4 is 23.2 Å². The minimum atomic E-state index is -1.15. The van der Waals surface area contributed by atoms with Crippen molar-refractivity contribution in [1.82, 2.24) is 5.32 Å². The molecular weight excluding hydrogens is 458 g/mol. The first kappa shape index (κ1) is 25.2. The average Bonchev–Trinajstić information content (AvgIpc) is 3.00. The van der Waals surface area contributed by atoms with E-state index in [2.05, 4.69) is 17.5 Å². The number of hydrogen-bond acceptors (Lipinski definition) is 3. The van der Waals surface area contributed by atoms with E-state index in [4.69, 9.17) is 23.2 Å². The largest absolute Gasteiger partial charge is 0.388 e. The van der Waals surface area contributed by atoms with Crippen LogP contribution in [0.1, 0.15) is 31.0 Å². The van der Waals surface area contributed by atoms with Crippen LogP contribution < -0.4 is 5.32 Å². The molecule has 0 aromatic heterocycles. The van der Waals surface area contributed by atoms with Gasteiger partial charge in [0.25, 0.3) is 0 Å². The van der Waals surface area contributed by atoms with Gasteiger partial charge in [0.2, 0.25) is 0 Å². The highest BCUT2D eigenvalue weighted by Crippen LogP contribution is 2.33. The van der Waals surface area contributed by atoms with Crippen LogP contribution in [0.25, 0.3) is 0 Å². The molecule has 0 aliphatic heterocycles. The average molecular weight is 485 g/mol. The monoisotopic (exact) mass is 484 g/mol. The number of halogens is 3. The van der Waals surface area contributed by atoms with Gasteiger partial charge in [-0.25, -0.2) is 4.39 Å². The van der Waals surface area contributed by atoms with Gasteiger partial charge in [-0.2, -0.15) is 5.26 Å². The predicted octanol–water partition coefficient (Wildman–Crippen LogP) is 6.59. The number of nitrogens with zero attached hydrogens (tertiary/aromatic N) is 1. The van der Waals surface area contributed by atoms with Crippen LogP contribution in [0.3, 0.4) is 0 Å². The Kier molecular flexibility index (Phi) is 8.51. The maximum absolute atomic E-state index is 13.6. The summed E-state index contributed by atoms with van der Waals surface area (Å²) in [5.41, 5.74) is 1.19. The first-order valence-corrected chi connectivity index (χ1v) is 11.5. The topological polar surface area (TPSA) is 56.0 Å². The Morgan fingerprint density at radius 3 is 2.52 bits per heavy atom. The zero-order chi connectivity index (χ0) is 24.0. The standard InChI is InChI=1S/C27H27Cl2FN2O/c1-27(2,33)26(24-12-11-23(30)15-25(24)29)32-17-21(13-18-7-9-22(28)10-8-18)20-6-4-3-5-19(14-20)16-31/h3-12,14-15,20-21,26,32-33H,13,17H2,1-2H3. The van der Waals surface area contributed by atoms with Crippen LogP contribution >= 0.6 is 23.2 Å². The number of benzene rings is 2. The fraction of sp³-hybridized carbons (Fsp3) is 0.296. The fourth-order valence-corrected chi connectivity index (χ4v) is 4.45. The Hall–Kier alpha value is -2.42. The molecule has 3 unspecified atom stereocenters. The molecule has 3 atom stereocenters. The molecule has 2 aromatic rings. The van der Waals surface area contributed by atoms with Crippen LogP contribution in [0.4, 0.5) is 4.39 Å². The first-order valence-electron chi connectivity index (χ1n) is 10.8. The van der Waals surface area contributed by atoms with E-state index in [1.807, 2.05) is 42.5 Å². The third-order valence-corrected chi connectivity index (χ3v) is 6.32. The molecule has 0 radical (unpaired) electrons. The lowest BCUT2D eigenvalue weighted by atomic mass is 9.84. The molecule has 0 bridgehead atoms. The molecule has 6 heteroatoms. The summed E-state index contributed by atoms with van der Waals surface area (Å²) in [7, 11) is 0. The SMILES string of the molecule is CC(C)(O)C(NCC(Cc1ccc(Cl)cc1)C1C=CC=CC(C#N)=C1)c1ccc(F)cc1Cl. The van der Waals surface area contributed by atoms with E-state index in [9.17, 15) is 14.8 Å². The molecular formula is C27H27Cl2FN2O. The highest BCUT2D eigenvalue weighted by molar-refractivity contribution is 6.31. The van der Waals surface area contributed by atoms with Crippen LogP contribution in [-0.4, -0.2) is 17.3 Å². The highest BCUT2D eigenvalue weighted by atomic mass is 35.5. The van der Waals surface area contributed by atoms with E-state index in [-0.39, 0.29) is 16.9 Å². The fourth-order valence-electron chi connectivity index (χ4n) is 4.05. The third kappa shape index (κ3) is 7.03. The van der Waals surface area contributed by atoms with E-state index in [0.29, 0.717) is 22.7 Å². The number of hydrogen-bond donors (Lipinski definition) is 2. The minimum absolute atomic E-state index is 0.0102. The summed E-state index contributed by atoms with van der Waals surface area (Å²) >= 11 is 12.4. The predicted molar refractivity (Wildman–Crippen MR) is 133 cm³/mol. The van der Waals surface area contributed by atoms with Crippen molar-refractivity contribution in [2.75, 3.05) is 6.54 Å². The van der Waals surface area contributed by atoms with Gasteiger partial charge in [0.15, 0.2) is 0 Å². The second-order valence-electron chi connectivity index (χ2n) is 8.81. The van der Waals surface area contributed by atoms with Crippen molar-refractivity contribution in [1.29, 1.82) is 5.26 Å². The lowest BCUT2D eigenvalue weighted by Crippen LogP contribution is -2.42. The summed E-state index contributed by atoms with van der Waals surface area (Å²) < 4.78 is 13.6. The Morgan fingerprint density at radius 2 is 1.88 bits per heavy atom. The van der Waals surface area contributed by atoms with Crippen molar-refractivity contribution < 1.29 is 9.50 Å². The molecule has 3 nitrogen and oxygen atoms in total. The number of nitrogens with one attached hydrogen (secondary N) is 1. The van der Waals surface area contributed by atoms with Crippen LogP contribution in [0.2, 0.25) is 10.0 Å². The van der Waals surface area contributed by atoms with Crippen molar-refractivity contribution in [2.45, 2.75) is 31.9 Å². The lowest BCUT2D eigenvalue weighted by molar-refractivity contribution is 0.0350. The molecule has 0 amide bonds. The van der Waals surface area contributed by atoms with Gasteiger partial charge in [-0.1, -0.05) is 65.7 Å². The van der Waals surface area contributed by atoms with Crippen molar-refractivity contribution in [2.24, 2.45) is 11.8 Å². The normalized spacial score (nSPS) is 17.7. The van der Waals surface area contributed by atoms with E-state index in [0.717, 1.165) is 12.0 Å². The zero-order valence-corrected chi connectivity index (χ0v) is 20.1. The minimum Gasteiger partial charge on any atom is -0.388 e. The van der Waals surface area contributed by atoms with Crippen LogP contribution in [0, 0.1) is 29.0 Å². The summed E-state index contributed by atoms with van der Waals surface area (Å²) in [5.74, 6) is -0.372. The van der Waals surface area contributed by atoms with Gasteiger partial charge in [-0.3, -0.25) is 0 Å². The summed E-state index contributed by atoms with van der Waals surface area (Å²) in [6.07, 6.45) is 10.4. The van der Waals surface area contributed by atoms with Crippen LogP contribution in [0.15, 0.2) is 78.4 Å². The van der Waals surface area contributed by atoms with Crippen LogP contribution in [-0.2, 0) is 6.42 Å². The summed E-state index contributed by atoms with van der Waals surface area (Å²) in [4.78, 5) is 0. The molecule has 0 saturated heterocycles. The Balaban J connectivity index is 1.90. The van der Waals surface area contributed by atoms with E-state index in [1.54, 1.807) is 26.0 Å². The third-order valence-electron chi connectivity index (χ3n) is 5.74. The van der Waals surface area contributed by atoms with Crippen molar-refractivity contribution in [3.63, 3.8) is 0 Å². The zero-order valence-electron chi connectivity index (χ0n) is 18.6. The molecule has 0 heterocycles. The second-order valence-corrected chi connectivity index (χ2v) is 9.65. The molecule has 33 heavy (non-hydrogen) atoms. The van der Waals surface area contributed by atoms with E-state index in [1.165, 1.54) is 12.1 Å². The smallest absolute Gasteiger partial charge is 0.124 e. The summed E-state index contributed by atoms with van der Waals surface area (Å²) in [6, 6.07) is 13.6. The number of nitriles is 1. The van der Waals surface area contributed by atoms with Gasteiger partial charge in [0, 0.05) is 21.5 Å². The maximum Gasteiger partial charge on any atom is 0.124 e. The van der Waals surface area contributed by atoms with E-state index >= 15 is 0 Å². The molecule has 1 aliphatic carbocycles. The number of allylic oxidation sites excluding steroid dienone is 6. The molecule has 0 saturated carbocycles. The van der Waals surface area contributed by atoms with Gasteiger partial charge < -0.3 is 10.4 Å². The quantitative estimate of drug-likeness (QED) is 0.444. The van der Waals surface area contributed by atoms with Gasteiger partial charge in [0.05, 0.1) is 17.7 Å². The Labute approximate surface area is 204 Å². The Morgan fingerprint density at radius 1 is 1.15 bits per heavy atom. The Bertz CT molecular complexity index is 1090. The molecule has 172 valence electrons. The van der Waals surface area contributed by atoms with Crippen LogP contribution in [0.5, 0.6) is 0 Å². The van der Waals surface area contributed by atoms with Gasteiger partial charge in [-0.05, 0) is 74.2 Å². The van der Waals surface area contributed by atoms with Crippen molar-refractivity contribution in [3.05, 3.63) is 105 Å². The lowest BCUT2D eigenvalue weighted by Gasteiger charge is -2.34. The second kappa shape index (κ2) is 11.1. The van der Waals surface area contributed by atoms with Gasteiger partial charge in [-0.15, -0.1) is 0 Å². The molecule has 1 aliphatic rings. The van der Waals surface area contributed by atoms with Gasteiger partial charge in [0.1, 0.15) is 5.82 Å². The molecule has 0 spiro atoms. The van der Waals surface area contributed by atoms with Gasteiger partial charge >= 0.3 is 0 Å². The summed E-state index contributed by atoms with van der Waals surface area (Å²) in [6.45, 7) is 3.92.